The van der Waals surface area contributed by atoms with Gasteiger partial charge in [-0.25, -0.2) is 4.98 Å². The topological polar surface area (TPSA) is 29.9 Å². The number of rotatable bonds is 4. The van der Waals surface area contributed by atoms with Crippen LogP contribution in [0.4, 0.5) is 5.95 Å². The molecule has 2 aromatic rings. The summed E-state index contributed by atoms with van der Waals surface area (Å²) >= 11 is 9.68. The van der Waals surface area contributed by atoms with Gasteiger partial charge in [-0.3, -0.25) is 4.57 Å². The quantitative estimate of drug-likeness (QED) is 0.854. The molecular weight excluding hydrogens is 314 g/mol. The maximum atomic E-state index is 6.23. The molecular formula is C13H13BrClN3. The fourth-order valence-corrected chi connectivity index (χ4v) is 2.20. The predicted molar refractivity (Wildman–Crippen MR) is 79.7 cm³/mol. The van der Waals surface area contributed by atoms with Gasteiger partial charge >= 0.3 is 0 Å². The van der Waals surface area contributed by atoms with E-state index in [-0.39, 0.29) is 0 Å². The van der Waals surface area contributed by atoms with Crippen molar-refractivity contribution in [3.63, 3.8) is 0 Å². The Kier molecular flexibility index (Phi) is 4.09. The van der Waals surface area contributed by atoms with E-state index in [4.69, 9.17) is 11.6 Å². The molecule has 0 bridgehead atoms. The van der Waals surface area contributed by atoms with Crippen LogP contribution in [0.25, 0.3) is 5.69 Å². The second kappa shape index (κ2) is 5.59. The zero-order chi connectivity index (χ0) is 13.1. The number of benzene rings is 1. The number of imidazole rings is 1. The highest BCUT2D eigenvalue weighted by Gasteiger charge is 2.10. The smallest absolute Gasteiger partial charge is 0.208 e. The molecule has 0 aliphatic carbocycles. The van der Waals surface area contributed by atoms with Crippen molar-refractivity contribution >= 4 is 33.5 Å². The summed E-state index contributed by atoms with van der Waals surface area (Å²) in [4.78, 5) is 4.43. The monoisotopic (exact) mass is 325 g/mol. The predicted octanol–water partition coefficient (Wildman–Crippen LogP) is 4.19. The lowest BCUT2D eigenvalue weighted by Crippen LogP contribution is -2.06. The number of aryl methyl sites for hydroxylation is 1. The van der Waals surface area contributed by atoms with E-state index in [9.17, 15) is 0 Å². The summed E-state index contributed by atoms with van der Waals surface area (Å²) in [5.74, 6) is 0.757. The van der Waals surface area contributed by atoms with Crippen molar-refractivity contribution in [1.29, 1.82) is 0 Å². The van der Waals surface area contributed by atoms with E-state index in [0.29, 0.717) is 11.6 Å². The number of nitrogens with one attached hydrogen (secondary N) is 1. The third-order valence-electron chi connectivity index (χ3n) is 2.40. The number of hydrogen-bond donors (Lipinski definition) is 1. The first kappa shape index (κ1) is 13.2. The summed E-state index contributed by atoms with van der Waals surface area (Å²) in [6.07, 6.45) is 3.73. The molecule has 1 aromatic carbocycles. The first-order valence-corrected chi connectivity index (χ1v) is 6.65. The highest BCUT2D eigenvalue weighted by molar-refractivity contribution is 9.10. The van der Waals surface area contributed by atoms with Gasteiger partial charge in [-0.2, -0.15) is 0 Å². The Balaban J connectivity index is 2.48. The molecule has 0 unspecified atom stereocenters. The van der Waals surface area contributed by atoms with Gasteiger partial charge in [0.1, 0.15) is 0 Å². The van der Waals surface area contributed by atoms with Crippen LogP contribution in [0.2, 0.25) is 5.02 Å². The Hall–Kier alpha value is -1.26. The molecule has 0 radical (unpaired) electrons. The molecule has 0 spiro atoms. The molecule has 3 nitrogen and oxygen atoms in total. The van der Waals surface area contributed by atoms with E-state index in [1.807, 2.05) is 35.9 Å². The molecule has 0 saturated heterocycles. The van der Waals surface area contributed by atoms with Crippen LogP contribution in [0, 0.1) is 6.92 Å². The minimum atomic E-state index is 0.655. The summed E-state index contributed by atoms with van der Waals surface area (Å²) < 4.78 is 2.91. The zero-order valence-corrected chi connectivity index (χ0v) is 12.3. The van der Waals surface area contributed by atoms with Crippen LogP contribution in [0.5, 0.6) is 0 Å². The van der Waals surface area contributed by atoms with E-state index in [0.717, 1.165) is 21.8 Å². The highest BCUT2D eigenvalue weighted by atomic mass is 79.9. The molecule has 0 atom stereocenters. The second-order valence-corrected chi connectivity index (χ2v) is 5.16. The van der Waals surface area contributed by atoms with Crippen LogP contribution in [0.3, 0.4) is 0 Å². The first-order valence-electron chi connectivity index (χ1n) is 5.48. The minimum absolute atomic E-state index is 0.655. The van der Waals surface area contributed by atoms with Gasteiger partial charge in [-0.05, 0) is 25.1 Å². The van der Waals surface area contributed by atoms with Crippen molar-refractivity contribution in [2.75, 3.05) is 11.9 Å². The Bertz CT molecular complexity index is 578. The molecule has 0 saturated carbocycles. The standard InChI is InChI=1S/C13H13BrClN3/c1-3-6-16-13-17-9(2)8-18(13)12-7-10(14)4-5-11(12)15/h3-5,7-8H,1,6H2,2H3,(H,16,17). The second-order valence-electron chi connectivity index (χ2n) is 3.84. The Morgan fingerprint density at radius 1 is 1.56 bits per heavy atom. The van der Waals surface area contributed by atoms with Gasteiger partial charge in [0.2, 0.25) is 5.95 Å². The Labute approximate surface area is 120 Å². The van der Waals surface area contributed by atoms with E-state index in [2.05, 4.69) is 32.8 Å². The molecule has 0 aliphatic rings. The lowest BCUT2D eigenvalue weighted by atomic mass is 10.3. The molecule has 1 heterocycles. The van der Waals surface area contributed by atoms with Gasteiger partial charge in [-0.1, -0.05) is 33.6 Å². The number of aromatic nitrogens is 2. The van der Waals surface area contributed by atoms with Crippen LogP contribution in [-0.4, -0.2) is 16.1 Å². The zero-order valence-electron chi connectivity index (χ0n) is 9.95. The highest BCUT2D eigenvalue weighted by Crippen LogP contribution is 2.27. The van der Waals surface area contributed by atoms with Crippen molar-refractivity contribution in [3.8, 4) is 5.69 Å². The Morgan fingerprint density at radius 3 is 3.06 bits per heavy atom. The maximum Gasteiger partial charge on any atom is 0.208 e. The third kappa shape index (κ3) is 2.76. The maximum absolute atomic E-state index is 6.23. The van der Waals surface area contributed by atoms with Crippen LogP contribution < -0.4 is 5.32 Å². The molecule has 1 N–H and O–H groups in total. The van der Waals surface area contributed by atoms with Gasteiger partial charge in [0, 0.05) is 17.2 Å². The largest absolute Gasteiger partial charge is 0.352 e. The summed E-state index contributed by atoms with van der Waals surface area (Å²) in [7, 11) is 0. The van der Waals surface area contributed by atoms with Crippen molar-refractivity contribution in [2.45, 2.75) is 6.92 Å². The number of hydrogen-bond acceptors (Lipinski definition) is 2. The van der Waals surface area contributed by atoms with Crippen molar-refractivity contribution in [1.82, 2.24) is 9.55 Å². The molecule has 18 heavy (non-hydrogen) atoms. The first-order chi connectivity index (χ1) is 8.61. The van der Waals surface area contributed by atoms with Crippen LogP contribution >= 0.6 is 27.5 Å². The molecule has 1 aromatic heterocycles. The summed E-state index contributed by atoms with van der Waals surface area (Å²) in [6.45, 7) is 6.28. The van der Waals surface area contributed by atoms with Gasteiger partial charge in [0.05, 0.1) is 16.4 Å². The average molecular weight is 327 g/mol. The number of nitrogens with zero attached hydrogens (tertiary/aromatic N) is 2. The number of halogens is 2. The molecule has 94 valence electrons. The normalized spacial score (nSPS) is 10.4. The van der Waals surface area contributed by atoms with Gasteiger partial charge in [0.25, 0.3) is 0 Å². The van der Waals surface area contributed by atoms with Crippen molar-refractivity contribution in [3.05, 3.63) is 52.2 Å². The Morgan fingerprint density at radius 2 is 2.33 bits per heavy atom. The number of anilines is 1. The molecule has 0 aliphatic heterocycles. The average Bonchev–Trinajstić information content (AvgIpc) is 2.71. The third-order valence-corrected chi connectivity index (χ3v) is 3.21. The van der Waals surface area contributed by atoms with E-state index < -0.39 is 0 Å². The summed E-state index contributed by atoms with van der Waals surface area (Å²) in [6, 6.07) is 5.72. The minimum Gasteiger partial charge on any atom is -0.352 e. The summed E-state index contributed by atoms with van der Waals surface area (Å²) in [5, 5.41) is 3.87. The molecule has 0 fully saturated rings. The lowest BCUT2D eigenvalue weighted by Gasteiger charge is -2.10. The SMILES string of the molecule is C=CCNc1nc(C)cn1-c1cc(Br)ccc1Cl. The van der Waals surface area contributed by atoms with Crippen LogP contribution in [0.15, 0.2) is 41.5 Å². The van der Waals surface area contributed by atoms with E-state index in [1.54, 1.807) is 6.08 Å². The molecule has 5 heteroatoms. The van der Waals surface area contributed by atoms with Crippen molar-refractivity contribution < 1.29 is 0 Å². The van der Waals surface area contributed by atoms with Gasteiger partial charge < -0.3 is 5.32 Å². The molecule has 2 rings (SSSR count). The molecule has 0 amide bonds. The fraction of sp³-hybridized carbons (Fsp3) is 0.154. The van der Waals surface area contributed by atoms with Gasteiger partial charge in [0.15, 0.2) is 0 Å². The van der Waals surface area contributed by atoms with Gasteiger partial charge in [-0.15, -0.1) is 6.58 Å². The van der Waals surface area contributed by atoms with E-state index >= 15 is 0 Å². The lowest BCUT2D eigenvalue weighted by molar-refractivity contribution is 1.04. The van der Waals surface area contributed by atoms with E-state index in [1.165, 1.54) is 0 Å². The fourth-order valence-electron chi connectivity index (χ4n) is 1.64. The van der Waals surface area contributed by atoms with Crippen LogP contribution in [0.1, 0.15) is 5.69 Å². The summed E-state index contributed by atoms with van der Waals surface area (Å²) in [5.41, 5.74) is 1.82. The van der Waals surface area contributed by atoms with Crippen molar-refractivity contribution in [2.24, 2.45) is 0 Å². The van der Waals surface area contributed by atoms with Crippen LogP contribution in [-0.2, 0) is 0 Å².